The first kappa shape index (κ1) is 23.6. The van der Waals surface area contributed by atoms with Crippen LogP contribution in [0.3, 0.4) is 0 Å². The van der Waals surface area contributed by atoms with Crippen molar-refractivity contribution in [3.63, 3.8) is 0 Å². The van der Waals surface area contributed by atoms with Gasteiger partial charge in [-0.2, -0.15) is 0 Å². The topological polar surface area (TPSA) is 122 Å². The van der Waals surface area contributed by atoms with Crippen molar-refractivity contribution in [3.8, 4) is 0 Å². The molecule has 0 saturated heterocycles. The maximum absolute atomic E-state index is 12.4. The van der Waals surface area contributed by atoms with Crippen LogP contribution in [0.4, 0.5) is 11.4 Å². The van der Waals surface area contributed by atoms with Gasteiger partial charge in [0.05, 0.1) is 0 Å². The number of carbonyl (C=O) groups is 1. The number of nitro benzene ring substituents is 2. The quantitative estimate of drug-likeness (QED) is 0.177. The average Bonchev–Trinajstić information content (AvgIpc) is 2.77. The van der Waals surface area contributed by atoms with Crippen LogP contribution in [0.5, 0.6) is 0 Å². The number of esters is 1. The first-order valence-electron chi connectivity index (χ1n) is 10.0. The Labute approximate surface area is 190 Å². The number of ether oxygens (including phenoxy) is 2. The molecule has 0 amide bonds. The Kier molecular flexibility index (Phi) is 8.49. The third-order valence-corrected chi connectivity index (χ3v) is 7.15. The van der Waals surface area contributed by atoms with Crippen LogP contribution in [0.1, 0.15) is 29.6 Å². The predicted octanol–water partition coefficient (Wildman–Crippen LogP) is 3.60. The van der Waals surface area contributed by atoms with E-state index in [-0.39, 0.29) is 39.3 Å². The Morgan fingerprint density at radius 3 is 2.38 bits per heavy atom. The molecular weight excluding hydrogens is 483 g/mol. The first-order valence-corrected chi connectivity index (χ1v) is 12.1. The normalized spacial score (nSPS) is 19.4. The van der Waals surface area contributed by atoms with Crippen molar-refractivity contribution in [2.24, 2.45) is 0 Å². The van der Waals surface area contributed by atoms with Crippen LogP contribution in [0.25, 0.3) is 0 Å². The second-order valence-corrected chi connectivity index (χ2v) is 9.43. The Bertz CT molecular complexity index is 965. The van der Waals surface area contributed by atoms with E-state index < -0.39 is 27.2 Å². The molecule has 10 heteroatoms. The molecule has 0 aromatic heterocycles. The molecule has 9 nitrogen and oxygen atoms in total. The van der Waals surface area contributed by atoms with Crippen LogP contribution in [0.2, 0.25) is 5.32 Å². The SMILES string of the molecule is O=C(OC[C@H]1C/C=C\CC[C@@H](C[Se]c2ccccc2)O1)c1cc([N+](=O)[O-])cc([N+](=O)[O-])c1. The maximum atomic E-state index is 12.4. The minimum atomic E-state index is -0.864. The van der Waals surface area contributed by atoms with Crippen molar-refractivity contribution in [3.05, 3.63) is 86.5 Å². The monoisotopic (exact) mass is 506 g/mol. The van der Waals surface area contributed by atoms with Crippen molar-refractivity contribution < 1.29 is 24.1 Å². The number of benzene rings is 2. The number of nitrogens with zero attached hydrogens (tertiary/aromatic N) is 2. The van der Waals surface area contributed by atoms with Gasteiger partial charge in [-0.15, -0.1) is 0 Å². The van der Waals surface area contributed by atoms with Crippen LogP contribution in [0, 0.1) is 20.2 Å². The van der Waals surface area contributed by atoms with E-state index in [1.807, 2.05) is 24.3 Å². The number of hydrogen-bond acceptors (Lipinski definition) is 7. The zero-order valence-electron chi connectivity index (χ0n) is 17.1. The van der Waals surface area contributed by atoms with Crippen molar-refractivity contribution >= 4 is 36.8 Å². The predicted molar refractivity (Wildman–Crippen MR) is 118 cm³/mol. The summed E-state index contributed by atoms with van der Waals surface area (Å²) in [6.07, 6.45) is 6.09. The van der Waals surface area contributed by atoms with Crippen LogP contribution >= 0.6 is 0 Å². The molecule has 1 aliphatic heterocycles. The zero-order valence-corrected chi connectivity index (χ0v) is 18.8. The zero-order chi connectivity index (χ0) is 22.9. The fourth-order valence-corrected chi connectivity index (χ4v) is 5.20. The molecule has 0 N–H and O–H groups in total. The Balaban J connectivity index is 1.62. The molecular formula is C22H22N2O7Se. The molecule has 1 aliphatic rings. The summed E-state index contributed by atoms with van der Waals surface area (Å²) in [5.74, 6) is -0.864. The van der Waals surface area contributed by atoms with Gasteiger partial charge in [-0.25, -0.2) is 0 Å². The Hall–Kier alpha value is -3.07. The fourth-order valence-electron chi connectivity index (χ4n) is 3.16. The molecule has 0 radical (unpaired) electrons. The van der Waals surface area contributed by atoms with E-state index >= 15 is 0 Å². The van der Waals surface area contributed by atoms with Gasteiger partial charge in [0.15, 0.2) is 0 Å². The van der Waals surface area contributed by atoms with E-state index in [0.29, 0.717) is 6.42 Å². The molecule has 0 spiro atoms. The van der Waals surface area contributed by atoms with Crippen LogP contribution in [-0.4, -0.2) is 49.6 Å². The standard InChI is InChI=1S/C22H22N2O7Se/c25-22(16-11-17(23(26)27)13-18(12-16)24(28)29)30-14-19-7-3-1-4-8-20(31-19)15-32-21-9-5-2-6-10-21/h1-3,5-6,9-13,19-20H,4,7-8,14-15H2/b3-1-/t19-,20+/m1/s1. The number of carbonyl (C=O) groups excluding carboxylic acids is 1. The van der Waals surface area contributed by atoms with Gasteiger partial charge in [0, 0.05) is 0 Å². The number of nitro groups is 2. The van der Waals surface area contributed by atoms with Gasteiger partial charge in [0.1, 0.15) is 0 Å². The summed E-state index contributed by atoms with van der Waals surface area (Å²) in [5.41, 5.74) is -1.32. The molecule has 2 aromatic rings. The molecule has 2 aromatic carbocycles. The Morgan fingerprint density at radius 1 is 1.03 bits per heavy atom. The third kappa shape index (κ3) is 6.98. The van der Waals surface area contributed by atoms with Crippen molar-refractivity contribution in [1.82, 2.24) is 0 Å². The molecule has 0 bridgehead atoms. The third-order valence-electron chi connectivity index (χ3n) is 4.75. The minimum absolute atomic E-state index is 0.0303. The van der Waals surface area contributed by atoms with Gasteiger partial charge >= 0.3 is 191 Å². The summed E-state index contributed by atoms with van der Waals surface area (Å²) in [7, 11) is 0. The molecule has 0 aliphatic carbocycles. The van der Waals surface area contributed by atoms with E-state index in [9.17, 15) is 25.0 Å². The van der Waals surface area contributed by atoms with Crippen molar-refractivity contribution in [2.45, 2.75) is 36.8 Å². The second kappa shape index (κ2) is 11.5. The van der Waals surface area contributed by atoms with Gasteiger partial charge in [-0.05, 0) is 0 Å². The van der Waals surface area contributed by atoms with Crippen LogP contribution in [0.15, 0.2) is 60.7 Å². The van der Waals surface area contributed by atoms with Crippen molar-refractivity contribution in [2.75, 3.05) is 6.61 Å². The van der Waals surface area contributed by atoms with Gasteiger partial charge in [-0.1, -0.05) is 0 Å². The van der Waals surface area contributed by atoms with E-state index in [4.69, 9.17) is 9.47 Å². The molecule has 0 fully saturated rings. The van der Waals surface area contributed by atoms with E-state index in [1.165, 1.54) is 4.46 Å². The number of hydrogen-bond donors (Lipinski definition) is 0. The second-order valence-electron chi connectivity index (χ2n) is 7.14. The van der Waals surface area contributed by atoms with Gasteiger partial charge in [-0.3, -0.25) is 0 Å². The molecule has 1 heterocycles. The molecule has 3 rings (SSSR count). The molecule has 0 saturated carbocycles. The summed E-state index contributed by atoms with van der Waals surface area (Å²) in [5, 5.41) is 23.0. The molecule has 32 heavy (non-hydrogen) atoms. The fraction of sp³-hybridized carbons (Fsp3) is 0.318. The van der Waals surface area contributed by atoms with Crippen LogP contribution in [-0.2, 0) is 9.47 Å². The van der Waals surface area contributed by atoms with Gasteiger partial charge in [0.25, 0.3) is 0 Å². The summed E-state index contributed by atoms with van der Waals surface area (Å²) < 4.78 is 12.8. The van der Waals surface area contributed by atoms with Crippen LogP contribution < -0.4 is 4.46 Å². The van der Waals surface area contributed by atoms with Gasteiger partial charge in [0.2, 0.25) is 0 Å². The van der Waals surface area contributed by atoms with E-state index in [0.717, 1.165) is 36.4 Å². The number of allylic oxidation sites excluding steroid dienone is 1. The molecule has 2 atom stereocenters. The van der Waals surface area contributed by atoms with Gasteiger partial charge < -0.3 is 0 Å². The Morgan fingerprint density at radius 2 is 1.72 bits per heavy atom. The summed E-state index contributed by atoms with van der Waals surface area (Å²) in [6.45, 7) is -0.0471. The van der Waals surface area contributed by atoms with Crippen molar-refractivity contribution in [1.29, 1.82) is 0 Å². The summed E-state index contributed by atoms with van der Waals surface area (Å²) in [6, 6.07) is 13.0. The summed E-state index contributed by atoms with van der Waals surface area (Å²) in [4.78, 5) is 32.9. The molecule has 168 valence electrons. The number of rotatable bonds is 8. The number of non-ortho nitro benzene ring substituents is 2. The van der Waals surface area contributed by atoms with E-state index in [2.05, 4.69) is 18.2 Å². The molecule has 0 unspecified atom stereocenters. The first-order chi connectivity index (χ1) is 15.4. The summed E-state index contributed by atoms with van der Waals surface area (Å²) >= 11 is 0.262. The van der Waals surface area contributed by atoms with E-state index in [1.54, 1.807) is 0 Å². The average molecular weight is 505 g/mol.